The van der Waals surface area contributed by atoms with Gasteiger partial charge in [0.05, 0.1) is 36.7 Å². The van der Waals surface area contributed by atoms with Crippen molar-refractivity contribution in [2.24, 2.45) is 5.41 Å². The molecular weight excluding hydrogens is 330 g/mol. The Hall–Kier alpha value is -2.76. The highest BCUT2D eigenvalue weighted by atomic mass is 16.5. The van der Waals surface area contributed by atoms with Crippen LogP contribution in [0.3, 0.4) is 0 Å². The predicted octanol–water partition coefficient (Wildman–Crippen LogP) is 3.27. The standard InChI is InChI=1S/C20H23N3O3/c1-20(2,3)16-11-23-18(13-6-5-7-15(24)17(13)21-23)14-9-8-12(10-22(14)16)19(25)26-4/h5-7,9-10,16,24H,8,11H2,1-4H3/t16-/m0/s1. The van der Waals surface area contributed by atoms with Gasteiger partial charge in [0.15, 0.2) is 0 Å². The molecule has 3 heterocycles. The molecule has 0 unspecified atom stereocenters. The molecule has 1 aromatic heterocycles. The van der Waals surface area contributed by atoms with Crippen LogP contribution in [0.4, 0.5) is 0 Å². The van der Waals surface area contributed by atoms with Crippen molar-refractivity contribution in [3.63, 3.8) is 0 Å². The maximum absolute atomic E-state index is 12.1. The number of nitrogens with zero attached hydrogens (tertiary/aromatic N) is 3. The molecule has 0 fully saturated rings. The number of benzene rings is 1. The van der Waals surface area contributed by atoms with Crippen LogP contribution in [0.25, 0.3) is 16.6 Å². The molecule has 0 aliphatic carbocycles. The molecule has 1 atom stereocenters. The van der Waals surface area contributed by atoms with Gasteiger partial charge >= 0.3 is 5.97 Å². The van der Waals surface area contributed by atoms with Crippen molar-refractivity contribution in [2.75, 3.05) is 7.11 Å². The molecule has 6 heteroatoms. The van der Waals surface area contributed by atoms with Gasteiger partial charge in [-0.3, -0.25) is 4.68 Å². The Labute approximate surface area is 152 Å². The van der Waals surface area contributed by atoms with E-state index in [0.29, 0.717) is 24.1 Å². The number of hydrogen-bond donors (Lipinski definition) is 1. The topological polar surface area (TPSA) is 67.6 Å². The zero-order chi connectivity index (χ0) is 18.6. The largest absolute Gasteiger partial charge is 0.506 e. The van der Waals surface area contributed by atoms with Crippen LogP contribution >= 0.6 is 0 Å². The van der Waals surface area contributed by atoms with Crippen molar-refractivity contribution in [1.82, 2.24) is 14.7 Å². The normalized spacial score (nSPS) is 19.5. The maximum Gasteiger partial charge on any atom is 0.335 e. The molecule has 0 radical (unpaired) electrons. The molecule has 4 rings (SSSR count). The molecular formula is C20H23N3O3. The number of rotatable bonds is 1. The maximum atomic E-state index is 12.1. The van der Waals surface area contributed by atoms with Gasteiger partial charge in [-0.15, -0.1) is 0 Å². The van der Waals surface area contributed by atoms with Gasteiger partial charge in [0.2, 0.25) is 0 Å². The van der Waals surface area contributed by atoms with Crippen molar-refractivity contribution in [1.29, 1.82) is 0 Å². The van der Waals surface area contributed by atoms with Crippen LogP contribution in [0.2, 0.25) is 0 Å². The van der Waals surface area contributed by atoms with Gasteiger partial charge in [0, 0.05) is 18.0 Å². The van der Waals surface area contributed by atoms with E-state index in [2.05, 4.69) is 36.8 Å². The highest BCUT2D eigenvalue weighted by Gasteiger charge is 2.39. The second-order valence-electron chi connectivity index (χ2n) is 7.93. The average molecular weight is 353 g/mol. The Bertz CT molecular complexity index is 963. The first kappa shape index (κ1) is 16.7. The predicted molar refractivity (Wildman–Crippen MR) is 99.2 cm³/mol. The molecule has 1 N–H and O–H groups in total. The van der Waals surface area contributed by atoms with E-state index in [1.807, 2.05) is 23.0 Å². The van der Waals surface area contributed by atoms with Crippen molar-refractivity contribution < 1.29 is 14.6 Å². The smallest absolute Gasteiger partial charge is 0.335 e. The van der Waals surface area contributed by atoms with Crippen LogP contribution in [-0.2, 0) is 16.1 Å². The molecule has 2 aliphatic rings. The second-order valence-corrected chi connectivity index (χ2v) is 7.93. The summed E-state index contributed by atoms with van der Waals surface area (Å²) >= 11 is 0. The molecule has 136 valence electrons. The third-order valence-corrected chi connectivity index (χ3v) is 5.21. The lowest BCUT2D eigenvalue weighted by Crippen LogP contribution is -2.48. The molecule has 0 bridgehead atoms. The minimum absolute atomic E-state index is 0.0357. The number of allylic oxidation sites excluding steroid dienone is 1. The van der Waals surface area contributed by atoms with Gasteiger partial charge in [0.25, 0.3) is 0 Å². The first-order chi connectivity index (χ1) is 12.3. The number of ether oxygens (including phenoxy) is 1. The van der Waals surface area contributed by atoms with E-state index in [0.717, 1.165) is 16.8 Å². The highest BCUT2D eigenvalue weighted by Crippen LogP contribution is 2.42. The number of aromatic hydroxyl groups is 1. The third-order valence-electron chi connectivity index (χ3n) is 5.21. The van der Waals surface area contributed by atoms with Crippen LogP contribution < -0.4 is 0 Å². The Morgan fingerprint density at radius 3 is 2.81 bits per heavy atom. The van der Waals surface area contributed by atoms with Crippen molar-refractivity contribution >= 4 is 22.6 Å². The van der Waals surface area contributed by atoms with E-state index in [4.69, 9.17) is 4.74 Å². The SMILES string of the molecule is COC(=O)C1=CN2C(=CC1)c1c3cccc(O)c3nn1C[C@H]2C(C)(C)C. The summed E-state index contributed by atoms with van der Waals surface area (Å²) < 4.78 is 6.90. The summed E-state index contributed by atoms with van der Waals surface area (Å²) in [5.74, 6) is -0.111. The van der Waals surface area contributed by atoms with Gasteiger partial charge < -0.3 is 14.7 Å². The van der Waals surface area contributed by atoms with Crippen LogP contribution in [0, 0.1) is 5.41 Å². The minimum atomic E-state index is -0.297. The highest BCUT2D eigenvalue weighted by molar-refractivity contribution is 5.96. The molecule has 0 amide bonds. The van der Waals surface area contributed by atoms with Gasteiger partial charge in [-0.05, 0) is 11.5 Å². The van der Waals surface area contributed by atoms with E-state index in [-0.39, 0.29) is 23.2 Å². The van der Waals surface area contributed by atoms with E-state index in [9.17, 15) is 9.90 Å². The van der Waals surface area contributed by atoms with Crippen LogP contribution in [0.5, 0.6) is 5.75 Å². The number of phenols is 1. The quantitative estimate of drug-likeness (QED) is 0.797. The van der Waals surface area contributed by atoms with Gasteiger partial charge in [-0.25, -0.2) is 4.79 Å². The number of methoxy groups -OCH3 is 1. The van der Waals surface area contributed by atoms with Gasteiger partial charge in [-0.1, -0.05) is 39.0 Å². The number of esters is 1. The minimum Gasteiger partial charge on any atom is -0.506 e. The fraction of sp³-hybridized carbons (Fsp3) is 0.400. The summed E-state index contributed by atoms with van der Waals surface area (Å²) in [6, 6.07) is 5.59. The number of aromatic nitrogens is 2. The van der Waals surface area contributed by atoms with Crippen LogP contribution in [-0.4, -0.2) is 38.9 Å². The molecule has 0 saturated heterocycles. The summed E-state index contributed by atoms with van der Waals surface area (Å²) in [5, 5.41) is 15.8. The summed E-state index contributed by atoms with van der Waals surface area (Å²) in [7, 11) is 1.41. The number of hydrogen-bond acceptors (Lipinski definition) is 5. The Morgan fingerprint density at radius 2 is 2.12 bits per heavy atom. The zero-order valence-corrected chi connectivity index (χ0v) is 15.5. The van der Waals surface area contributed by atoms with Crippen molar-refractivity contribution in [3.8, 4) is 5.75 Å². The molecule has 26 heavy (non-hydrogen) atoms. The monoisotopic (exact) mass is 353 g/mol. The lowest BCUT2D eigenvalue weighted by molar-refractivity contribution is -0.136. The number of fused-ring (bicyclic) bond motifs is 5. The van der Waals surface area contributed by atoms with Crippen LogP contribution in [0.1, 0.15) is 32.9 Å². The summed E-state index contributed by atoms with van der Waals surface area (Å²) in [6.45, 7) is 7.22. The second kappa shape index (κ2) is 5.62. The van der Waals surface area contributed by atoms with Gasteiger partial charge in [0.1, 0.15) is 11.3 Å². The van der Waals surface area contributed by atoms with Crippen molar-refractivity contribution in [3.05, 3.63) is 41.7 Å². The van der Waals surface area contributed by atoms with E-state index < -0.39 is 0 Å². The lowest BCUT2D eigenvalue weighted by atomic mass is 9.83. The Kier molecular flexibility index (Phi) is 3.61. The van der Waals surface area contributed by atoms with E-state index in [1.54, 1.807) is 6.07 Å². The number of carbonyl (C=O) groups is 1. The van der Waals surface area contributed by atoms with Crippen LogP contribution in [0.15, 0.2) is 36.0 Å². The average Bonchev–Trinajstić information content (AvgIpc) is 2.99. The van der Waals surface area contributed by atoms with Gasteiger partial charge in [-0.2, -0.15) is 5.10 Å². The number of phenolic OH excluding ortho intramolecular Hbond substituents is 1. The first-order valence-corrected chi connectivity index (χ1v) is 8.77. The summed E-state index contributed by atoms with van der Waals surface area (Å²) in [5.41, 5.74) is 3.23. The fourth-order valence-electron chi connectivity index (χ4n) is 3.83. The first-order valence-electron chi connectivity index (χ1n) is 8.77. The van der Waals surface area contributed by atoms with Crippen molar-refractivity contribution in [2.45, 2.75) is 39.8 Å². The Morgan fingerprint density at radius 1 is 1.35 bits per heavy atom. The van der Waals surface area contributed by atoms with E-state index in [1.165, 1.54) is 7.11 Å². The molecule has 6 nitrogen and oxygen atoms in total. The Balaban J connectivity index is 1.92. The molecule has 2 aliphatic heterocycles. The zero-order valence-electron chi connectivity index (χ0n) is 15.5. The molecule has 0 spiro atoms. The third kappa shape index (κ3) is 2.40. The van der Waals surface area contributed by atoms with E-state index >= 15 is 0 Å². The number of carbonyl (C=O) groups excluding carboxylic acids is 1. The summed E-state index contributed by atoms with van der Waals surface area (Å²) in [4.78, 5) is 14.2. The lowest BCUT2D eigenvalue weighted by Gasteiger charge is -2.45. The summed E-state index contributed by atoms with van der Waals surface area (Å²) in [6.07, 6.45) is 4.49. The molecule has 1 aromatic carbocycles. The molecule has 2 aromatic rings. The molecule has 0 saturated carbocycles. The fourth-order valence-corrected chi connectivity index (χ4v) is 3.83.